The Hall–Kier alpha value is -2.18. The van der Waals surface area contributed by atoms with E-state index in [-0.39, 0.29) is 5.75 Å². The number of alkyl halides is 3. The first-order valence-corrected chi connectivity index (χ1v) is 6.50. The molecule has 1 heterocycles. The first-order chi connectivity index (χ1) is 9.81. The van der Waals surface area contributed by atoms with Gasteiger partial charge >= 0.3 is 6.36 Å². The van der Waals surface area contributed by atoms with Crippen molar-refractivity contribution in [2.24, 2.45) is 0 Å². The van der Waals surface area contributed by atoms with Crippen LogP contribution in [-0.2, 0) is 6.54 Å². The lowest BCUT2D eigenvalue weighted by molar-refractivity contribution is -0.274. The fraction of sp³-hybridized carbons (Fsp3) is 0.357. The molecule has 1 aromatic heterocycles. The van der Waals surface area contributed by atoms with Crippen LogP contribution in [0.4, 0.5) is 19.0 Å². The van der Waals surface area contributed by atoms with E-state index in [1.807, 2.05) is 18.4 Å². The molecule has 114 valence electrons. The fourth-order valence-electron chi connectivity index (χ4n) is 2.14. The summed E-state index contributed by atoms with van der Waals surface area (Å²) >= 11 is 0. The number of benzene rings is 1. The number of rotatable bonds is 4. The zero-order valence-corrected chi connectivity index (χ0v) is 11.7. The molecule has 2 N–H and O–H groups in total. The number of nitrogens with zero attached hydrogens (tertiary/aromatic N) is 2. The van der Waals surface area contributed by atoms with Gasteiger partial charge in [0, 0.05) is 12.1 Å². The molecule has 4 nitrogen and oxygen atoms in total. The van der Waals surface area contributed by atoms with Gasteiger partial charge in [-0.3, -0.25) is 0 Å². The lowest BCUT2D eigenvalue weighted by atomic mass is 10.1. The number of halogens is 3. The van der Waals surface area contributed by atoms with E-state index in [1.165, 1.54) is 18.2 Å². The van der Waals surface area contributed by atoms with E-state index in [0.717, 1.165) is 12.2 Å². The third-order valence-corrected chi connectivity index (χ3v) is 2.99. The zero-order chi connectivity index (χ0) is 15.6. The van der Waals surface area contributed by atoms with Crippen LogP contribution >= 0.6 is 0 Å². The number of imidazole rings is 1. The monoisotopic (exact) mass is 299 g/mol. The van der Waals surface area contributed by atoms with Crippen LogP contribution in [0.5, 0.6) is 5.75 Å². The van der Waals surface area contributed by atoms with E-state index in [4.69, 9.17) is 5.73 Å². The number of nitrogen functional groups attached to an aromatic ring is 1. The molecule has 0 amide bonds. The third kappa shape index (κ3) is 3.48. The maximum absolute atomic E-state index is 12.3. The molecule has 2 rings (SSSR count). The molecule has 0 aliphatic carbocycles. The summed E-state index contributed by atoms with van der Waals surface area (Å²) in [6.45, 7) is 4.53. The number of hydrogen-bond acceptors (Lipinski definition) is 3. The summed E-state index contributed by atoms with van der Waals surface area (Å²) in [5.74, 6) is 0.882. The minimum atomic E-state index is -4.72. The first kappa shape index (κ1) is 15.2. The smallest absolute Gasteiger partial charge is 0.406 e. The van der Waals surface area contributed by atoms with Crippen LogP contribution in [0.3, 0.4) is 0 Å². The van der Waals surface area contributed by atoms with Crippen LogP contribution in [0.2, 0.25) is 0 Å². The Morgan fingerprint density at radius 1 is 1.33 bits per heavy atom. The van der Waals surface area contributed by atoms with E-state index in [1.54, 1.807) is 6.07 Å². The fourth-order valence-corrected chi connectivity index (χ4v) is 2.14. The van der Waals surface area contributed by atoms with Gasteiger partial charge in [0.1, 0.15) is 23.1 Å². The Morgan fingerprint density at radius 2 is 2.05 bits per heavy atom. The van der Waals surface area contributed by atoms with E-state index >= 15 is 0 Å². The lowest BCUT2D eigenvalue weighted by Crippen LogP contribution is -2.17. The molecule has 0 aliphatic heterocycles. The predicted octanol–water partition coefficient (Wildman–Crippen LogP) is 3.75. The van der Waals surface area contributed by atoms with E-state index in [2.05, 4.69) is 9.72 Å². The Balaban J connectivity index is 2.39. The molecule has 21 heavy (non-hydrogen) atoms. The van der Waals surface area contributed by atoms with Crippen molar-refractivity contribution in [3.8, 4) is 17.0 Å². The van der Waals surface area contributed by atoms with Crippen LogP contribution < -0.4 is 10.5 Å². The van der Waals surface area contributed by atoms with Crippen molar-refractivity contribution < 1.29 is 17.9 Å². The van der Waals surface area contributed by atoms with E-state index in [0.29, 0.717) is 23.6 Å². The maximum Gasteiger partial charge on any atom is 0.573 e. The second-order valence-corrected chi connectivity index (χ2v) is 4.62. The summed E-state index contributed by atoms with van der Waals surface area (Å²) in [5.41, 5.74) is 7.00. The minimum Gasteiger partial charge on any atom is -0.406 e. The SMILES string of the molecule is CCCn1c(C)nc(-c2cccc(OC(F)(F)F)c2)c1N. The highest BCUT2D eigenvalue weighted by atomic mass is 19.4. The van der Waals surface area contributed by atoms with E-state index < -0.39 is 6.36 Å². The van der Waals surface area contributed by atoms with Gasteiger partial charge < -0.3 is 15.0 Å². The summed E-state index contributed by atoms with van der Waals surface area (Å²) in [6, 6.07) is 5.65. The molecule has 0 saturated carbocycles. The van der Waals surface area contributed by atoms with Gasteiger partial charge in [-0.25, -0.2) is 4.98 Å². The van der Waals surface area contributed by atoms with Crippen molar-refractivity contribution in [3.63, 3.8) is 0 Å². The molecule has 0 fully saturated rings. The Labute approximate surface area is 120 Å². The molecule has 0 spiro atoms. The van der Waals surface area contributed by atoms with Crippen LogP contribution in [0, 0.1) is 6.92 Å². The van der Waals surface area contributed by atoms with Gasteiger partial charge in [0.05, 0.1) is 0 Å². The normalized spacial score (nSPS) is 11.7. The summed E-state index contributed by atoms with van der Waals surface area (Å²) < 4.78 is 42.5. The van der Waals surface area contributed by atoms with Gasteiger partial charge in [0.25, 0.3) is 0 Å². The molecule has 0 radical (unpaired) electrons. The van der Waals surface area contributed by atoms with Gasteiger partial charge in [-0.15, -0.1) is 13.2 Å². The molecular formula is C14H16F3N3O. The molecule has 1 aromatic carbocycles. The van der Waals surface area contributed by atoms with E-state index in [9.17, 15) is 13.2 Å². The molecule has 2 aromatic rings. The third-order valence-electron chi connectivity index (χ3n) is 2.99. The van der Waals surface area contributed by atoms with Crippen LogP contribution in [-0.4, -0.2) is 15.9 Å². The van der Waals surface area contributed by atoms with Gasteiger partial charge in [0.15, 0.2) is 0 Å². The van der Waals surface area contributed by atoms with Gasteiger partial charge in [-0.2, -0.15) is 0 Å². The Kier molecular flexibility index (Phi) is 4.11. The number of hydrogen-bond donors (Lipinski definition) is 1. The summed E-state index contributed by atoms with van der Waals surface area (Å²) in [7, 11) is 0. The van der Waals surface area contributed by atoms with Crippen molar-refractivity contribution in [2.75, 3.05) is 5.73 Å². The zero-order valence-electron chi connectivity index (χ0n) is 11.7. The average molecular weight is 299 g/mol. The summed E-state index contributed by atoms with van der Waals surface area (Å²) in [4.78, 5) is 4.34. The maximum atomic E-state index is 12.3. The van der Waals surface area contributed by atoms with Gasteiger partial charge in [-0.05, 0) is 25.5 Å². The lowest BCUT2D eigenvalue weighted by Gasteiger charge is -2.10. The van der Waals surface area contributed by atoms with Crippen LogP contribution in [0.25, 0.3) is 11.3 Å². The highest BCUT2D eigenvalue weighted by Crippen LogP contribution is 2.31. The van der Waals surface area contributed by atoms with Crippen molar-refractivity contribution in [1.82, 2.24) is 9.55 Å². The molecule has 0 atom stereocenters. The van der Waals surface area contributed by atoms with Gasteiger partial charge in [0.2, 0.25) is 0 Å². The molecule has 7 heteroatoms. The number of ether oxygens (including phenoxy) is 1. The average Bonchev–Trinajstić information content (AvgIpc) is 2.65. The van der Waals surface area contributed by atoms with Crippen molar-refractivity contribution >= 4 is 5.82 Å². The standard InChI is InChI=1S/C14H16F3N3O/c1-3-7-20-9(2)19-12(13(20)18)10-5-4-6-11(8-10)21-14(15,16)17/h4-6,8H,3,7,18H2,1-2H3. The Bertz CT molecular complexity index is 635. The molecule has 0 unspecified atom stereocenters. The number of anilines is 1. The molecule has 0 saturated heterocycles. The largest absolute Gasteiger partial charge is 0.573 e. The minimum absolute atomic E-state index is 0.290. The summed E-state index contributed by atoms with van der Waals surface area (Å²) in [5, 5.41) is 0. The Morgan fingerprint density at radius 3 is 2.67 bits per heavy atom. The number of aromatic nitrogens is 2. The quantitative estimate of drug-likeness (QED) is 0.935. The second-order valence-electron chi connectivity index (χ2n) is 4.62. The predicted molar refractivity (Wildman–Crippen MR) is 73.8 cm³/mol. The second kappa shape index (κ2) is 5.67. The van der Waals surface area contributed by atoms with Crippen molar-refractivity contribution in [3.05, 3.63) is 30.1 Å². The molecular weight excluding hydrogens is 283 g/mol. The highest BCUT2D eigenvalue weighted by Gasteiger charge is 2.31. The molecule has 0 bridgehead atoms. The van der Waals surface area contributed by atoms with Crippen molar-refractivity contribution in [2.45, 2.75) is 33.2 Å². The molecule has 0 aliphatic rings. The number of nitrogens with two attached hydrogens (primary N) is 1. The van der Waals surface area contributed by atoms with Crippen molar-refractivity contribution in [1.29, 1.82) is 0 Å². The topological polar surface area (TPSA) is 53.1 Å². The number of aryl methyl sites for hydroxylation is 1. The highest BCUT2D eigenvalue weighted by molar-refractivity contribution is 5.72. The van der Waals surface area contributed by atoms with Crippen LogP contribution in [0.15, 0.2) is 24.3 Å². The summed E-state index contributed by atoms with van der Waals surface area (Å²) in [6.07, 6.45) is -3.83. The van der Waals surface area contributed by atoms with Crippen LogP contribution in [0.1, 0.15) is 19.2 Å². The first-order valence-electron chi connectivity index (χ1n) is 6.50. The van der Waals surface area contributed by atoms with Gasteiger partial charge in [-0.1, -0.05) is 19.1 Å².